The number of nitrogens with zero attached hydrogens (tertiary/aromatic N) is 1. The van der Waals surface area contributed by atoms with Crippen molar-refractivity contribution in [2.45, 2.75) is 40.0 Å². The summed E-state index contributed by atoms with van der Waals surface area (Å²) in [6.07, 6.45) is 1.75. The smallest absolute Gasteiger partial charge is 0.332 e. The highest BCUT2D eigenvalue weighted by Crippen LogP contribution is 2.27. The molecule has 132 valence electrons. The zero-order chi connectivity index (χ0) is 17.4. The van der Waals surface area contributed by atoms with E-state index in [1.54, 1.807) is 0 Å². The fourth-order valence-electron chi connectivity index (χ4n) is 2.90. The molecule has 0 amide bonds. The maximum atomic E-state index is 11.6. The van der Waals surface area contributed by atoms with Gasteiger partial charge in [0.1, 0.15) is 0 Å². The molecule has 1 fully saturated rings. The lowest BCUT2D eigenvalue weighted by molar-refractivity contribution is -0.136. The number of aliphatic carboxylic acids is 2. The van der Waals surface area contributed by atoms with Crippen LogP contribution < -0.4 is 0 Å². The van der Waals surface area contributed by atoms with Crippen LogP contribution >= 0.6 is 0 Å². The van der Waals surface area contributed by atoms with Crippen LogP contribution in [0.3, 0.4) is 0 Å². The first kappa shape index (κ1) is 19.6. The van der Waals surface area contributed by atoms with Gasteiger partial charge >= 0.3 is 11.9 Å². The van der Waals surface area contributed by atoms with E-state index in [4.69, 9.17) is 4.74 Å². The van der Waals surface area contributed by atoms with Gasteiger partial charge in [0.05, 0.1) is 18.8 Å². The van der Waals surface area contributed by atoms with Crippen LogP contribution in [0.1, 0.15) is 40.0 Å². The SMILES string of the molecule is CCC(C)C(C)/C(C(=O)O)=C(/CCCN1CCOCC1)C(=O)O. The molecule has 0 radical (unpaired) electrons. The van der Waals surface area contributed by atoms with Crippen LogP contribution in [0.2, 0.25) is 0 Å². The van der Waals surface area contributed by atoms with Gasteiger partial charge in [-0.05, 0) is 31.2 Å². The molecular formula is C17H29NO5. The van der Waals surface area contributed by atoms with Crippen LogP contribution in [-0.2, 0) is 14.3 Å². The van der Waals surface area contributed by atoms with Crippen LogP contribution in [0.15, 0.2) is 11.1 Å². The second-order valence-corrected chi connectivity index (χ2v) is 6.23. The number of morpholine rings is 1. The Morgan fingerprint density at radius 2 is 1.74 bits per heavy atom. The maximum absolute atomic E-state index is 11.6. The molecule has 6 heteroatoms. The van der Waals surface area contributed by atoms with Crippen molar-refractivity contribution in [3.8, 4) is 0 Å². The predicted molar refractivity (Wildman–Crippen MR) is 87.4 cm³/mol. The number of carboxylic acids is 2. The standard InChI is InChI=1S/C17H29NO5/c1-4-12(2)13(3)15(17(21)22)14(16(19)20)6-5-7-18-8-10-23-11-9-18/h12-13H,4-11H2,1-3H3,(H,19,20)(H,21,22)/b15-14+. The van der Waals surface area contributed by atoms with Gasteiger partial charge in [0.15, 0.2) is 0 Å². The predicted octanol–water partition coefficient (Wildman–Crippen LogP) is 2.25. The lowest BCUT2D eigenvalue weighted by Crippen LogP contribution is -2.36. The van der Waals surface area contributed by atoms with E-state index in [9.17, 15) is 19.8 Å². The van der Waals surface area contributed by atoms with E-state index in [0.717, 1.165) is 26.1 Å². The number of hydrogen-bond donors (Lipinski definition) is 2. The van der Waals surface area contributed by atoms with Crippen LogP contribution in [-0.4, -0.2) is 59.9 Å². The highest BCUT2D eigenvalue weighted by atomic mass is 16.5. The largest absolute Gasteiger partial charge is 0.478 e. The third-order valence-electron chi connectivity index (χ3n) is 4.77. The Bertz CT molecular complexity index is 440. The summed E-state index contributed by atoms with van der Waals surface area (Å²) in [6, 6.07) is 0. The number of ether oxygens (including phenoxy) is 1. The zero-order valence-corrected chi connectivity index (χ0v) is 14.4. The Morgan fingerprint density at radius 1 is 1.13 bits per heavy atom. The molecule has 0 bridgehead atoms. The van der Waals surface area contributed by atoms with Gasteiger partial charge in [-0.15, -0.1) is 0 Å². The summed E-state index contributed by atoms with van der Waals surface area (Å²) >= 11 is 0. The number of carbonyl (C=O) groups is 2. The van der Waals surface area contributed by atoms with Crippen molar-refractivity contribution >= 4 is 11.9 Å². The molecule has 1 saturated heterocycles. The molecule has 0 aromatic carbocycles. The molecule has 6 nitrogen and oxygen atoms in total. The monoisotopic (exact) mass is 327 g/mol. The average molecular weight is 327 g/mol. The first-order valence-electron chi connectivity index (χ1n) is 8.38. The van der Waals surface area contributed by atoms with Gasteiger partial charge in [-0.3, -0.25) is 4.90 Å². The third kappa shape index (κ3) is 5.95. The Labute approximate surface area is 138 Å². The van der Waals surface area contributed by atoms with Crippen LogP contribution in [0, 0.1) is 11.8 Å². The lowest BCUT2D eigenvalue weighted by atomic mass is 9.83. The third-order valence-corrected chi connectivity index (χ3v) is 4.77. The molecule has 2 N–H and O–H groups in total. The molecule has 0 saturated carbocycles. The normalized spacial score (nSPS) is 19.8. The second kappa shape index (κ2) is 9.67. The molecule has 1 heterocycles. The minimum atomic E-state index is -1.11. The van der Waals surface area contributed by atoms with E-state index >= 15 is 0 Å². The van der Waals surface area contributed by atoms with E-state index in [-0.39, 0.29) is 29.4 Å². The molecule has 2 unspecified atom stereocenters. The second-order valence-electron chi connectivity index (χ2n) is 6.23. The van der Waals surface area contributed by atoms with E-state index < -0.39 is 11.9 Å². The average Bonchev–Trinajstić information content (AvgIpc) is 2.53. The molecule has 1 rings (SSSR count). The summed E-state index contributed by atoms with van der Waals surface area (Å²) < 4.78 is 5.28. The minimum Gasteiger partial charge on any atom is -0.478 e. The minimum absolute atomic E-state index is 0.0542. The Kier molecular flexibility index (Phi) is 8.26. The number of rotatable bonds is 9. The maximum Gasteiger partial charge on any atom is 0.332 e. The molecule has 1 aliphatic rings. The molecule has 0 spiro atoms. The van der Waals surface area contributed by atoms with Gasteiger partial charge < -0.3 is 14.9 Å². The van der Waals surface area contributed by atoms with Gasteiger partial charge in [0.2, 0.25) is 0 Å². The topological polar surface area (TPSA) is 87.1 Å². The van der Waals surface area contributed by atoms with Crippen molar-refractivity contribution < 1.29 is 24.5 Å². The van der Waals surface area contributed by atoms with Crippen molar-refractivity contribution in [1.82, 2.24) is 4.90 Å². The van der Waals surface area contributed by atoms with Crippen LogP contribution in [0.5, 0.6) is 0 Å². The first-order valence-corrected chi connectivity index (χ1v) is 8.38. The van der Waals surface area contributed by atoms with Crippen molar-refractivity contribution in [3.63, 3.8) is 0 Å². The molecule has 0 aromatic rings. The summed E-state index contributed by atoms with van der Waals surface area (Å²) in [6.45, 7) is 9.62. The lowest BCUT2D eigenvalue weighted by Gasteiger charge is -2.26. The van der Waals surface area contributed by atoms with Gasteiger partial charge in [-0.25, -0.2) is 9.59 Å². The van der Waals surface area contributed by atoms with E-state index in [1.807, 2.05) is 20.8 Å². The fourth-order valence-corrected chi connectivity index (χ4v) is 2.90. The van der Waals surface area contributed by atoms with Crippen LogP contribution in [0.25, 0.3) is 0 Å². The first-order chi connectivity index (χ1) is 10.9. The Balaban J connectivity index is 2.81. The van der Waals surface area contributed by atoms with Crippen molar-refractivity contribution in [2.24, 2.45) is 11.8 Å². The quantitative estimate of drug-likeness (QED) is 0.632. The molecule has 23 heavy (non-hydrogen) atoms. The van der Waals surface area contributed by atoms with E-state index in [1.165, 1.54) is 0 Å². The zero-order valence-electron chi connectivity index (χ0n) is 14.4. The van der Waals surface area contributed by atoms with Crippen LogP contribution in [0.4, 0.5) is 0 Å². The molecule has 2 atom stereocenters. The van der Waals surface area contributed by atoms with E-state index in [0.29, 0.717) is 19.6 Å². The molecule has 1 aliphatic heterocycles. The van der Waals surface area contributed by atoms with Crippen molar-refractivity contribution in [1.29, 1.82) is 0 Å². The highest BCUT2D eigenvalue weighted by molar-refractivity contribution is 5.99. The van der Waals surface area contributed by atoms with E-state index in [2.05, 4.69) is 4.90 Å². The summed E-state index contributed by atoms with van der Waals surface area (Å²) in [7, 11) is 0. The van der Waals surface area contributed by atoms with Gasteiger partial charge in [-0.2, -0.15) is 0 Å². The Morgan fingerprint density at radius 3 is 2.22 bits per heavy atom. The molecule has 0 aromatic heterocycles. The summed E-state index contributed by atoms with van der Waals surface area (Å²) in [5.41, 5.74) is 0.118. The molecular weight excluding hydrogens is 298 g/mol. The van der Waals surface area contributed by atoms with Crippen molar-refractivity contribution in [2.75, 3.05) is 32.8 Å². The number of carboxylic acid groups (broad SMARTS) is 2. The summed E-state index contributed by atoms with van der Waals surface area (Å²) in [5, 5.41) is 19.0. The molecule has 0 aliphatic carbocycles. The van der Waals surface area contributed by atoms with Crippen molar-refractivity contribution in [3.05, 3.63) is 11.1 Å². The number of hydrogen-bond acceptors (Lipinski definition) is 4. The fraction of sp³-hybridized carbons (Fsp3) is 0.765. The Hall–Kier alpha value is -1.40. The summed E-state index contributed by atoms with van der Waals surface area (Å²) in [4.78, 5) is 25.4. The summed E-state index contributed by atoms with van der Waals surface area (Å²) in [5.74, 6) is -2.36. The highest BCUT2D eigenvalue weighted by Gasteiger charge is 2.27. The van der Waals surface area contributed by atoms with Gasteiger partial charge in [0, 0.05) is 18.7 Å². The van der Waals surface area contributed by atoms with Gasteiger partial charge in [0.25, 0.3) is 0 Å². The van der Waals surface area contributed by atoms with Gasteiger partial charge in [-0.1, -0.05) is 27.2 Å².